The summed E-state index contributed by atoms with van der Waals surface area (Å²) in [5.41, 5.74) is 5.87. The van der Waals surface area contributed by atoms with E-state index in [1.807, 2.05) is 24.3 Å². The van der Waals surface area contributed by atoms with E-state index in [0.717, 1.165) is 23.9 Å². The zero-order valence-electron chi connectivity index (χ0n) is 10.6. The minimum absolute atomic E-state index is 0.447. The van der Waals surface area contributed by atoms with Crippen LogP contribution in [-0.4, -0.2) is 26.2 Å². The molecule has 0 aromatic heterocycles. The summed E-state index contributed by atoms with van der Waals surface area (Å²) in [4.78, 5) is 0. The van der Waals surface area contributed by atoms with Gasteiger partial charge in [0.1, 0.15) is 5.75 Å². The van der Waals surface area contributed by atoms with Gasteiger partial charge in [0, 0.05) is 10.9 Å². The van der Waals surface area contributed by atoms with Gasteiger partial charge in [-0.25, -0.2) is 0 Å². The molecule has 18 heavy (non-hydrogen) atoms. The van der Waals surface area contributed by atoms with Crippen LogP contribution in [0.2, 0.25) is 5.02 Å². The van der Waals surface area contributed by atoms with Gasteiger partial charge in [-0.3, -0.25) is 0 Å². The molecule has 3 N–H and O–H groups in total. The SMILES string of the molecule is NCC(COc1ccc(Cl)cc1)C1CCNCC1. The highest BCUT2D eigenvalue weighted by atomic mass is 35.5. The van der Waals surface area contributed by atoms with Crippen LogP contribution in [-0.2, 0) is 0 Å². The Kier molecular flexibility index (Phi) is 5.29. The molecule has 100 valence electrons. The Hall–Kier alpha value is -0.770. The first-order valence-corrected chi connectivity index (χ1v) is 6.96. The fourth-order valence-corrected chi connectivity index (χ4v) is 2.57. The maximum Gasteiger partial charge on any atom is 0.119 e. The predicted octanol–water partition coefficient (Wildman–Crippen LogP) is 2.29. The second kappa shape index (κ2) is 6.98. The van der Waals surface area contributed by atoms with Gasteiger partial charge < -0.3 is 15.8 Å². The lowest BCUT2D eigenvalue weighted by Crippen LogP contribution is -2.37. The fourth-order valence-electron chi connectivity index (χ4n) is 2.45. The van der Waals surface area contributed by atoms with Crippen LogP contribution in [0.3, 0.4) is 0 Å². The monoisotopic (exact) mass is 268 g/mol. The highest BCUT2D eigenvalue weighted by molar-refractivity contribution is 6.30. The molecular weight excluding hydrogens is 248 g/mol. The van der Waals surface area contributed by atoms with Crippen molar-refractivity contribution in [2.45, 2.75) is 12.8 Å². The van der Waals surface area contributed by atoms with E-state index in [1.165, 1.54) is 12.8 Å². The second-order valence-corrected chi connectivity index (χ2v) is 5.28. The maximum absolute atomic E-state index is 5.87. The van der Waals surface area contributed by atoms with Gasteiger partial charge in [0.2, 0.25) is 0 Å². The minimum atomic E-state index is 0.447. The number of halogens is 1. The third-order valence-electron chi connectivity index (χ3n) is 3.63. The van der Waals surface area contributed by atoms with Gasteiger partial charge >= 0.3 is 0 Å². The molecule has 0 bridgehead atoms. The number of rotatable bonds is 5. The summed E-state index contributed by atoms with van der Waals surface area (Å²) < 4.78 is 5.81. The van der Waals surface area contributed by atoms with Crippen LogP contribution >= 0.6 is 11.6 Å². The van der Waals surface area contributed by atoms with E-state index >= 15 is 0 Å². The summed E-state index contributed by atoms with van der Waals surface area (Å²) in [6, 6.07) is 7.49. The minimum Gasteiger partial charge on any atom is -0.493 e. The van der Waals surface area contributed by atoms with E-state index in [9.17, 15) is 0 Å². The average molecular weight is 269 g/mol. The Balaban J connectivity index is 1.84. The highest BCUT2D eigenvalue weighted by Crippen LogP contribution is 2.23. The van der Waals surface area contributed by atoms with Crippen molar-refractivity contribution in [3.05, 3.63) is 29.3 Å². The predicted molar refractivity (Wildman–Crippen MR) is 75.1 cm³/mol. The summed E-state index contributed by atoms with van der Waals surface area (Å²) >= 11 is 5.84. The number of hydrogen-bond donors (Lipinski definition) is 2. The molecule has 1 saturated heterocycles. The van der Waals surface area contributed by atoms with Crippen LogP contribution in [0.25, 0.3) is 0 Å². The van der Waals surface area contributed by atoms with Gasteiger partial charge in [-0.2, -0.15) is 0 Å². The van der Waals surface area contributed by atoms with Crippen LogP contribution < -0.4 is 15.8 Å². The second-order valence-electron chi connectivity index (χ2n) is 4.85. The fraction of sp³-hybridized carbons (Fsp3) is 0.571. The molecule has 3 nitrogen and oxygen atoms in total. The van der Waals surface area contributed by atoms with Crippen LogP contribution in [0.5, 0.6) is 5.75 Å². The normalized spacial score (nSPS) is 18.6. The van der Waals surface area contributed by atoms with Crippen molar-refractivity contribution in [2.75, 3.05) is 26.2 Å². The number of piperidine rings is 1. The highest BCUT2D eigenvalue weighted by Gasteiger charge is 2.22. The Morgan fingerprint density at radius 1 is 1.28 bits per heavy atom. The molecule has 1 fully saturated rings. The van der Waals surface area contributed by atoms with Crippen LogP contribution in [0.1, 0.15) is 12.8 Å². The molecule has 1 unspecified atom stereocenters. The lowest BCUT2D eigenvalue weighted by Gasteiger charge is -2.29. The Bertz CT molecular complexity index is 349. The number of nitrogens with one attached hydrogen (secondary N) is 1. The Morgan fingerprint density at radius 3 is 2.56 bits per heavy atom. The lowest BCUT2D eigenvalue weighted by molar-refractivity contribution is 0.172. The standard InChI is InChI=1S/C14H21ClN2O/c15-13-1-3-14(4-2-13)18-10-12(9-16)11-5-7-17-8-6-11/h1-4,11-12,17H,5-10,16H2. The van der Waals surface area contributed by atoms with Crippen LogP contribution in [0.15, 0.2) is 24.3 Å². The first-order valence-electron chi connectivity index (χ1n) is 6.58. The number of hydrogen-bond acceptors (Lipinski definition) is 3. The number of benzene rings is 1. The van der Waals surface area contributed by atoms with Gasteiger partial charge in [0.05, 0.1) is 6.61 Å². The molecule has 0 radical (unpaired) electrons. The van der Waals surface area contributed by atoms with Crippen LogP contribution in [0.4, 0.5) is 0 Å². The molecule has 0 aliphatic carbocycles. The molecule has 0 spiro atoms. The van der Waals surface area contributed by atoms with Crippen molar-refractivity contribution in [3.63, 3.8) is 0 Å². The number of ether oxygens (including phenoxy) is 1. The Labute approximate surface area is 114 Å². The summed E-state index contributed by atoms with van der Waals surface area (Å²) in [5, 5.41) is 4.11. The molecule has 1 atom stereocenters. The van der Waals surface area contributed by atoms with Crippen molar-refractivity contribution in [1.82, 2.24) is 5.32 Å². The largest absolute Gasteiger partial charge is 0.493 e. The molecule has 1 aliphatic heterocycles. The molecule has 0 amide bonds. The maximum atomic E-state index is 5.87. The molecular formula is C14H21ClN2O. The third kappa shape index (κ3) is 3.87. The average Bonchev–Trinajstić information content (AvgIpc) is 2.43. The van der Waals surface area contributed by atoms with Crippen molar-refractivity contribution < 1.29 is 4.74 Å². The molecule has 4 heteroatoms. The number of nitrogens with two attached hydrogens (primary N) is 1. The topological polar surface area (TPSA) is 47.3 Å². The lowest BCUT2D eigenvalue weighted by atomic mass is 9.85. The molecule has 1 aromatic rings. The first kappa shape index (κ1) is 13.7. The smallest absolute Gasteiger partial charge is 0.119 e. The van der Waals surface area contributed by atoms with E-state index in [2.05, 4.69) is 5.32 Å². The Morgan fingerprint density at radius 2 is 1.94 bits per heavy atom. The first-order chi connectivity index (χ1) is 8.79. The van der Waals surface area contributed by atoms with Crippen molar-refractivity contribution in [1.29, 1.82) is 0 Å². The van der Waals surface area contributed by atoms with Crippen LogP contribution in [0, 0.1) is 11.8 Å². The molecule has 1 aliphatic rings. The van der Waals surface area contributed by atoms with E-state index in [-0.39, 0.29) is 0 Å². The summed E-state index contributed by atoms with van der Waals surface area (Å²) in [5.74, 6) is 2.00. The van der Waals surface area contributed by atoms with Gasteiger partial charge in [-0.1, -0.05) is 11.6 Å². The summed E-state index contributed by atoms with van der Waals surface area (Å²) in [6.07, 6.45) is 2.40. The quantitative estimate of drug-likeness (QED) is 0.861. The van der Waals surface area contributed by atoms with Gasteiger partial charge in [0.25, 0.3) is 0 Å². The zero-order valence-corrected chi connectivity index (χ0v) is 11.3. The van der Waals surface area contributed by atoms with E-state index < -0.39 is 0 Å². The van der Waals surface area contributed by atoms with Gasteiger partial charge in [0.15, 0.2) is 0 Å². The van der Waals surface area contributed by atoms with E-state index in [0.29, 0.717) is 25.0 Å². The zero-order chi connectivity index (χ0) is 12.8. The molecule has 2 rings (SSSR count). The molecule has 1 aromatic carbocycles. The van der Waals surface area contributed by atoms with Crippen molar-refractivity contribution >= 4 is 11.6 Å². The summed E-state index contributed by atoms with van der Waals surface area (Å²) in [7, 11) is 0. The van der Waals surface area contributed by atoms with Gasteiger partial charge in [-0.05, 0) is 62.7 Å². The summed E-state index contributed by atoms with van der Waals surface area (Å²) in [6.45, 7) is 3.59. The van der Waals surface area contributed by atoms with Gasteiger partial charge in [-0.15, -0.1) is 0 Å². The van der Waals surface area contributed by atoms with Crippen molar-refractivity contribution in [2.24, 2.45) is 17.6 Å². The van der Waals surface area contributed by atoms with Crippen molar-refractivity contribution in [3.8, 4) is 5.75 Å². The third-order valence-corrected chi connectivity index (χ3v) is 3.88. The van der Waals surface area contributed by atoms with E-state index in [4.69, 9.17) is 22.1 Å². The molecule has 1 heterocycles. The molecule has 0 saturated carbocycles. The van der Waals surface area contributed by atoms with E-state index in [1.54, 1.807) is 0 Å².